The summed E-state index contributed by atoms with van der Waals surface area (Å²) >= 11 is 0.844. The number of amides is 1. The molecule has 1 aromatic carbocycles. The van der Waals surface area contributed by atoms with E-state index in [9.17, 15) is 18.0 Å². The number of pyridine rings is 1. The standard InChI is InChI=1S/C26H27F3N4OS/c27-26(28,29)23-20-17-31-21-9-6-10-22(33(20)21)35-24(23)25(34)30-13-4-5-14-32-15-11-19(12-16-32)18-7-2-1-3-8-18/h1-3,6-10,17,19H,4-5,11-16H2,(H,30,34). The third-order valence-electron chi connectivity index (χ3n) is 6.72. The molecule has 0 aliphatic carbocycles. The third-order valence-corrected chi connectivity index (χ3v) is 7.84. The molecule has 184 valence electrons. The highest BCUT2D eigenvalue weighted by Crippen LogP contribution is 2.46. The summed E-state index contributed by atoms with van der Waals surface area (Å²) in [6, 6.07) is 15.7. The fourth-order valence-corrected chi connectivity index (χ4v) is 6.05. The van der Waals surface area contributed by atoms with E-state index in [-0.39, 0.29) is 10.6 Å². The zero-order valence-corrected chi connectivity index (χ0v) is 20.0. The van der Waals surface area contributed by atoms with Crippen molar-refractivity contribution in [2.45, 2.75) is 42.8 Å². The van der Waals surface area contributed by atoms with E-state index in [0.29, 0.717) is 23.1 Å². The van der Waals surface area contributed by atoms with Gasteiger partial charge in [-0.3, -0.25) is 9.20 Å². The summed E-state index contributed by atoms with van der Waals surface area (Å²) in [7, 11) is 0. The van der Waals surface area contributed by atoms with Crippen LogP contribution in [-0.2, 0) is 4.79 Å². The van der Waals surface area contributed by atoms with Gasteiger partial charge in [0.1, 0.15) is 11.2 Å². The van der Waals surface area contributed by atoms with Gasteiger partial charge in [0, 0.05) is 6.54 Å². The molecule has 1 amide bonds. The van der Waals surface area contributed by atoms with Gasteiger partial charge in [0.15, 0.2) is 0 Å². The van der Waals surface area contributed by atoms with Gasteiger partial charge < -0.3 is 10.2 Å². The molecule has 3 aromatic rings. The number of likely N-dealkylation sites (tertiary alicyclic amines) is 1. The minimum absolute atomic E-state index is 0.0918. The summed E-state index contributed by atoms with van der Waals surface area (Å²) in [5.74, 6) is -0.0755. The second-order valence-corrected chi connectivity index (χ2v) is 10.0. The molecule has 0 saturated carbocycles. The van der Waals surface area contributed by atoms with E-state index in [0.717, 1.165) is 57.1 Å². The van der Waals surface area contributed by atoms with Crippen LogP contribution >= 0.6 is 11.8 Å². The number of aromatic nitrogens is 2. The van der Waals surface area contributed by atoms with Gasteiger partial charge >= 0.3 is 6.18 Å². The average Bonchev–Trinajstić information content (AvgIpc) is 3.29. The first-order chi connectivity index (χ1) is 16.9. The van der Waals surface area contributed by atoms with E-state index in [1.807, 2.05) is 6.07 Å². The quantitative estimate of drug-likeness (QED) is 0.436. The maximum Gasteiger partial charge on any atom is 0.419 e. The Morgan fingerprint density at radius 2 is 1.83 bits per heavy atom. The zero-order chi connectivity index (χ0) is 24.4. The molecule has 2 aromatic heterocycles. The summed E-state index contributed by atoms with van der Waals surface area (Å²) in [5, 5.41) is 3.26. The lowest BCUT2D eigenvalue weighted by Crippen LogP contribution is -2.34. The highest BCUT2D eigenvalue weighted by molar-refractivity contribution is 8.04. The fraction of sp³-hybridized carbons (Fsp3) is 0.385. The van der Waals surface area contributed by atoms with Crippen LogP contribution in [0.25, 0.3) is 11.2 Å². The van der Waals surface area contributed by atoms with Gasteiger partial charge in [-0.25, -0.2) is 4.98 Å². The molecule has 5 nitrogen and oxygen atoms in total. The summed E-state index contributed by atoms with van der Waals surface area (Å²) in [6.07, 6.45) is 0.411. The molecule has 1 fully saturated rings. The van der Waals surface area contributed by atoms with E-state index in [4.69, 9.17) is 0 Å². The van der Waals surface area contributed by atoms with Crippen molar-refractivity contribution < 1.29 is 18.0 Å². The summed E-state index contributed by atoms with van der Waals surface area (Å²) in [5.41, 5.74) is 0.819. The van der Waals surface area contributed by atoms with Crippen molar-refractivity contribution in [3.05, 3.63) is 70.9 Å². The Balaban J connectivity index is 1.13. The highest BCUT2D eigenvalue weighted by atomic mass is 32.2. The largest absolute Gasteiger partial charge is 0.419 e. The van der Waals surface area contributed by atoms with Crippen molar-refractivity contribution in [2.24, 2.45) is 0 Å². The van der Waals surface area contributed by atoms with Gasteiger partial charge in [0.2, 0.25) is 0 Å². The first kappa shape index (κ1) is 23.9. The Morgan fingerprint density at radius 3 is 2.57 bits per heavy atom. The monoisotopic (exact) mass is 500 g/mol. The number of piperidine rings is 1. The van der Waals surface area contributed by atoms with Crippen molar-refractivity contribution in [1.82, 2.24) is 19.6 Å². The molecule has 2 aliphatic heterocycles. The molecule has 0 atom stereocenters. The van der Waals surface area contributed by atoms with Crippen LogP contribution in [-0.4, -0.2) is 52.5 Å². The predicted octanol–water partition coefficient (Wildman–Crippen LogP) is 5.49. The lowest BCUT2D eigenvalue weighted by Gasteiger charge is -2.32. The van der Waals surface area contributed by atoms with Crippen LogP contribution in [0.1, 0.15) is 42.9 Å². The number of nitrogens with zero attached hydrogens (tertiary/aromatic N) is 3. The van der Waals surface area contributed by atoms with Crippen LogP contribution < -0.4 is 5.32 Å². The number of carbonyl (C=O) groups excluding carboxylic acids is 1. The van der Waals surface area contributed by atoms with E-state index in [1.54, 1.807) is 18.2 Å². The summed E-state index contributed by atoms with van der Waals surface area (Å²) < 4.78 is 43.3. The number of halogens is 3. The number of carbonyl (C=O) groups is 1. The first-order valence-electron chi connectivity index (χ1n) is 11.9. The lowest BCUT2D eigenvalue weighted by atomic mass is 9.89. The molecule has 0 bridgehead atoms. The van der Waals surface area contributed by atoms with Gasteiger partial charge in [-0.1, -0.05) is 48.2 Å². The van der Waals surface area contributed by atoms with Crippen LogP contribution in [0.2, 0.25) is 0 Å². The smallest absolute Gasteiger partial charge is 0.352 e. The van der Waals surface area contributed by atoms with Crippen molar-refractivity contribution in [3.63, 3.8) is 0 Å². The molecule has 0 radical (unpaired) electrons. The number of benzene rings is 1. The number of nitrogens with one attached hydrogen (secondary N) is 1. The maximum absolute atomic E-state index is 13.9. The Bertz CT molecular complexity index is 1230. The van der Waals surface area contributed by atoms with Crippen LogP contribution in [0.15, 0.2) is 64.7 Å². The number of rotatable bonds is 7. The van der Waals surface area contributed by atoms with Gasteiger partial charge in [-0.05, 0) is 68.9 Å². The number of thioether (sulfide) groups is 1. The second-order valence-electron chi connectivity index (χ2n) is 8.99. The minimum atomic E-state index is -4.66. The normalized spacial score (nSPS) is 17.2. The fourth-order valence-electron chi connectivity index (χ4n) is 4.93. The van der Waals surface area contributed by atoms with Gasteiger partial charge in [-0.2, -0.15) is 13.2 Å². The van der Waals surface area contributed by atoms with E-state index >= 15 is 0 Å². The minimum Gasteiger partial charge on any atom is -0.352 e. The number of unbranched alkanes of at least 4 members (excludes halogenated alkanes) is 1. The van der Waals surface area contributed by atoms with E-state index in [2.05, 4.69) is 39.5 Å². The number of imidazole rings is 1. The Kier molecular flexibility index (Phi) is 6.88. The number of hydrogen-bond acceptors (Lipinski definition) is 4. The third kappa shape index (κ3) is 5.11. The van der Waals surface area contributed by atoms with Crippen LogP contribution in [0.5, 0.6) is 0 Å². The predicted molar refractivity (Wildman–Crippen MR) is 131 cm³/mol. The molecule has 9 heteroatoms. The Hall–Kier alpha value is -2.78. The van der Waals surface area contributed by atoms with Gasteiger partial charge in [-0.15, -0.1) is 0 Å². The summed E-state index contributed by atoms with van der Waals surface area (Å²) in [6.45, 7) is 3.37. The molecule has 1 N–H and O–H groups in total. The number of allylic oxidation sites excluding steroid dienone is 1. The molecule has 0 unspecified atom stereocenters. The molecule has 0 spiro atoms. The molecule has 35 heavy (non-hydrogen) atoms. The van der Waals surface area contributed by atoms with Crippen molar-refractivity contribution in [1.29, 1.82) is 0 Å². The van der Waals surface area contributed by atoms with Crippen molar-refractivity contribution in [3.8, 4) is 0 Å². The Morgan fingerprint density at radius 1 is 1.06 bits per heavy atom. The van der Waals surface area contributed by atoms with Crippen LogP contribution in [0.4, 0.5) is 13.2 Å². The van der Waals surface area contributed by atoms with Gasteiger partial charge in [0.05, 0.1) is 21.8 Å². The average molecular weight is 501 g/mol. The molecule has 1 saturated heterocycles. The molecular weight excluding hydrogens is 473 g/mol. The highest BCUT2D eigenvalue weighted by Gasteiger charge is 2.43. The van der Waals surface area contributed by atoms with Crippen LogP contribution in [0.3, 0.4) is 0 Å². The zero-order valence-electron chi connectivity index (χ0n) is 19.2. The first-order valence-corrected chi connectivity index (χ1v) is 12.7. The summed E-state index contributed by atoms with van der Waals surface area (Å²) in [4.78, 5) is 19.0. The topological polar surface area (TPSA) is 49.6 Å². The number of alkyl halides is 3. The number of hydrogen-bond donors (Lipinski definition) is 1. The van der Waals surface area contributed by atoms with Gasteiger partial charge in [0.25, 0.3) is 5.91 Å². The molecule has 5 rings (SSSR count). The van der Waals surface area contributed by atoms with Crippen molar-refractivity contribution in [2.75, 3.05) is 26.2 Å². The molecule has 4 heterocycles. The SMILES string of the molecule is O=C(NCCCCN1CCC(c2ccccc2)CC1)C1=C(C(F)(F)F)c2cnc3cccc(n23)S1. The lowest BCUT2D eigenvalue weighted by molar-refractivity contribution is -0.117. The van der Waals surface area contributed by atoms with E-state index < -0.39 is 17.7 Å². The second kappa shape index (κ2) is 10.1. The maximum atomic E-state index is 13.9. The molecule has 2 aliphatic rings. The Labute approximate surface area is 206 Å². The van der Waals surface area contributed by atoms with E-state index in [1.165, 1.54) is 16.2 Å². The van der Waals surface area contributed by atoms with Crippen LogP contribution in [0, 0.1) is 0 Å². The molecular formula is C26H27F3N4OS. The van der Waals surface area contributed by atoms with Crippen molar-refractivity contribution >= 4 is 28.9 Å².